The van der Waals surface area contributed by atoms with Crippen LogP contribution in [0.4, 0.5) is 5.69 Å². The maximum absolute atomic E-state index is 11.7. The number of Topliss-reactive ketones (excluding diaryl/α,β-unsaturated/α-hetero) is 1. The fourth-order valence-electron chi connectivity index (χ4n) is 1.95. The lowest BCUT2D eigenvalue weighted by Gasteiger charge is -2.15. The van der Waals surface area contributed by atoms with E-state index in [-0.39, 0.29) is 11.7 Å². The largest absolute Gasteiger partial charge is 0.325 e. The molecule has 0 spiro atoms. The Kier molecular flexibility index (Phi) is 2.34. The molecule has 0 unspecified atom stereocenters. The third-order valence-electron chi connectivity index (χ3n) is 3.15. The lowest BCUT2D eigenvalue weighted by molar-refractivity contribution is -0.119. The van der Waals surface area contributed by atoms with E-state index in [4.69, 9.17) is 0 Å². The number of amides is 1. The third kappa shape index (κ3) is 1.43. The number of benzene rings is 1. The van der Waals surface area contributed by atoms with Crippen molar-refractivity contribution in [2.75, 3.05) is 5.32 Å². The Hall–Kier alpha value is -1.64. The molecule has 0 fully saturated rings. The molecule has 0 radical (unpaired) electrons. The monoisotopic (exact) mass is 217 g/mol. The summed E-state index contributed by atoms with van der Waals surface area (Å²) in [5, 5.41) is 2.82. The van der Waals surface area contributed by atoms with E-state index < -0.39 is 5.41 Å². The molecular formula is C13H15NO2. The number of nitrogens with one attached hydrogen (secondary N) is 1. The average Bonchev–Trinajstić information content (AvgIpc) is 2.49. The van der Waals surface area contributed by atoms with Crippen molar-refractivity contribution in [3.05, 3.63) is 29.3 Å². The predicted octanol–water partition coefficient (Wildman–Crippen LogP) is 2.51. The third-order valence-corrected chi connectivity index (χ3v) is 3.15. The van der Waals surface area contributed by atoms with Gasteiger partial charge in [-0.3, -0.25) is 9.59 Å². The fourth-order valence-corrected chi connectivity index (χ4v) is 1.95. The molecule has 16 heavy (non-hydrogen) atoms. The van der Waals surface area contributed by atoms with Crippen LogP contribution in [0.2, 0.25) is 0 Å². The van der Waals surface area contributed by atoms with Gasteiger partial charge in [-0.25, -0.2) is 0 Å². The molecule has 0 saturated heterocycles. The van der Waals surface area contributed by atoms with Crippen LogP contribution in [0.15, 0.2) is 18.2 Å². The van der Waals surface area contributed by atoms with Crippen LogP contribution in [0.3, 0.4) is 0 Å². The summed E-state index contributed by atoms with van der Waals surface area (Å²) in [5.74, 6) is 0.0987. The SMILES string of the molecule is CCC(=O)c1ccc2c(c1)C(C)(C)C(=O)N2. The minimum absolute atomic E-state index is 0.0106. The highest BCUT2D eigenvalue weighted by Crippen LogP contribution is 2.37. The molecule has 0 aliphatic carbocycles. The quantitative estimate of drug-likeness (QED) is 0.774. The number of rotatable bonds is 2. The van der Waals surface area contributed by atoms with Gasteiger partial charge in [0.1, 0.15) is 0 Å². The first-order valence-corrected chi connectivity index (χ1v) is 5.46. The minimum atomic E-state index is -0.542. The molecule has 0 bridgehead atoms. The molecule has 0 aromatic heterocycles. The smallest absolute Gasteiger partial charge is 0.234 e. The molecule has 0 saturated carbocycles. The van der Waals surface area contributed by atoms with Crippen LogP contribution >= 0.6 is 0 Å². The highest BCUT2D eigenvalue weighted by molar-refractivity contribution is 6.07. The zero-order valence-electron chi connectivity index (χ0n) is 9.76. The van der Waals surface area contributed by atoms with Crippen molar-refractivity contribution in [1.29, 1.82) is 0 Å². The number of fused-ring (bicyclic) bond motifs is 1. The molecule has 3 nitrogen and oxygen atoms in total. The van der Waals surface area contributed by atoms with Gasteiger partial charge >= 0.3 is 0 Å². The molecule has 0 atom stereocenters. The van der Waals surface area contributed by atoms with Gasteiger partial charge in [-0.05, 0) is 37.6 Å². The van der Waals surface area contributed by atoms with Gasteiger partial charge in [0.25, 0.3) is 0 Å². The highest BCUT2D eigenvalue weighted by atomic mass is 16.2. The zero-order chi connectivity index (χ0) is 11.9. The van der Waals surface area contributed by atoms with Crippen molar-refractivity contribution in [2.24, 2.45) is 0 Å². The van der Waals surface area contributed by atoms with Crippen molar-refractivity contribution >= 4 is 17.4 Å². The number of carbonyl (C=O) groups excluding carboxylic acids is 2. The second-order valence-corrected chi connectivity index (χ2v) is 4.62. The molecule has 1 N–H and O–H groups in total. The van der Waals surface area contributed by atoms with Crippen LogP contribution in [0.1, 0.15) is 43.1 Å². The lowest BCUT2D eigenvalue weighted by Crippen LogP contribution is -2.26. The van der Waals surface area contributed by atoms with Crippen LogP contribution in [-0.2, 0) is 10.2 Å². The number of anilines is 1. The molecule has 3 heteroatoms. The molecule has 1 amide bonds. The standard InChI is InChI=1S/C13H15NO2/c1-4-11(15)8-5-6-10-9(7-8)13(2,3)12(16)14-10/h5-7H,4H2,1-3H3,(H,14,16). The number of ketones is 1. The van der Waals surface area contributed by atoms with Crippen LogP contribution in [0.5, 0.6) is 0 Å². The molecule has 2 rings (SSSR count). The second kappa shape index (κ2) is 3.44. The van der Waals surface area contributed by atoms with Crippen LogP contribution in [0, 0.1) is 0 Å². The molecule has 1 aromatic rings. The Morgan fingerprint density at radius 3 is 2.69 bits per heavy atom. The van der Waals surface area contributed by atoms with E-state index in [0.717, 1.165) is 11.3 Å². The minimum Gasteiger partial charge on any atom is -0.325 e. The van der Waals surface area contributed by atoms with E-state index >= 15 is 0 Å². The Balaban J connectivity index is 2.52. The first-order valence-electron chi connectivity index (χ1n) is 5.46. The van der Waals surface area contributed by atoms with Gasteiger partial charge in [0.05, 0.1) is 5.41 Å². The summed E-state index contributed by atoms with van der Waals surface area (Å²) in [7, 11) is 0. The Morgan fingerprint density at radius 1 is 1.38 bits per heavy atom. The van der Waals surface area contributed by atoms with Gasteiger partial charge in [-0.15, -0.1) is 0 Å². The first kappa shape index (κ1) is 10.9. The lowest BCUT2D eigenvalue weighted by atomic mass is 9.85. The molecule has 1 aliphatic rings. The number of hydrogen-bond acceptors (Lipinski definition) is 2. The Bertz CT molecular complexity index is 475. The second-order valence-electron chi connectivity index (χ2n) is 4.62. The highest BCUT2D eigenvalue weighted by Gasteiger charge is 2.38. The van der Waals surface area contributed by atoms with Gasteiger partial charge in [0.15, 0.2) is 5.78 Å². The summed E-state index contributed by atoms with van der Waals surface area (Å²) < 4.78 is 0. The topological polar surface area (TPSA) is 46.2 Å². The normalized spacial score (nSPS) is 16.8. The maximum atomic E-state index is 11.7. The summed E-state index contributed by atoms with van der Waals surface area (Å²) in [6, 6.07) is 5.41. The van der Waals surface area contributed by atoms with Crippen LogP contribution in [-0.4, -0.2) is 11.7 Å². The summed E-state index contributed by atoms with van der Waals surface area (Å²) in [5.41, 5.74) is 1.88. The maximum Gasteiger partial charge on any atom is 0.234 e. The van der Waals surface area contributed by atoms with E-state index in [1.54, 1.807) is 6.07 Å². The summed E-state index contributed by atoms with van der Waals surface area (Å²) >= 11 is 0. The van der Waals surface area contributed by atoms with Crippen molar-refractivity contribution in [3.8, 4) is 0 Å². The number of hydrogen-bond donors (Lipinski definition) is 1. The summed E-state index contributed by atoms with van der Waals surface area (Å²) in [6.45, 7) is 5.58. The van der Waals surface area contributed by atoms with E-state index in [1.165, 1.54) is 0 Å². The fraction of sp³-hybridized carbons (Fsp3) is 0.385. The van der Waals surface area contributed by atoms with Gasteiger partial charge in [-0.1, -0.05) is 6.92 Å². The van der Waals surface area contributed by atoms with Gasteiger partial charge in [0.2, 0.25) is 5.91 Å². The van der Waals surface area contributed by atoms with E-state index in [0.29, 0.717) is 12.0 Å². The molecule has 84 valence electrons. The van der Waals surface area contributed by atoms with Gasteiger partial charge in [0, 0.05) is 17.7 Å². The molecule has 1 heterocycles. The van der Waals surface area contributed by atoms with Crippen molar-refractivity contribution in [3.63, 3.8) is 0 Å². The van der Waals surface area contributed by atoms with Gasteiger partial charge in [-0.2, -0.15) is 0 Å². The molecular weight excluding hydrogens is 202 g/mol. The Labute approximate surface area is 94.9 Å². The van der Waals surface area contributed by atoms with Crippen LogP contribution < -0.4 is 5.32 Å². The van der Waals surface area contributed by atoms with Crippen molar-refractivity contribution in [1.82, 2.24) is 0 Å². The van der Waals surface area contributed by atoms with Gasteiger partial charge < -0.3 is 5.32 Å². The predicted molar refractivity (Wildman–Crippen MR) is 62.7 cm³/mol. The molecule has 1 aliphatic heterocycles. The molecule has 1 aromatic carbocycles. The average molecular weight is 217 g/mol. The Morgan fingerprint density at radius 2 is 2.06 bits per heavy atom. The first-order chi connectivity index (χ1) is 7.46. The van der Waals surface area contributed by atoms with Crippen molar-refractivity contribution in [2.45, 2.75) is 32.6 Å². The van der Waals surface area contributed by atoms with E-state index in [2.05, 4.69) is 5.32 Å². The van der Waals surface area contributed by atoms with Crippen molar-refractivity contribution < 1.29 is 9.59 Å². The summed E-state index contributed by atoms with van der Waals surface area (Å²) in [4.78, 5) is 23.3. The summed E-state index contributed by atoms with van der Waals surface area (Å²) in [6.07, 6.45) is 0.487. The zero-order valence-corrected chi connectivity index (χ0v) is 9.76. The van der Waals surface area contributed by atoms with E-state index in [9.17, 15) is 9.59 Å². The van der Waals surface area contributed by atoms with E-state index in [1.807, 2.05) is 32.9 Å². The van der Waals surface area contributed by atoms with Crippen LogP contribution in [0.25, 0.3) is 0 Å². The number of carbonyl (C=O) groups is 2.